The second-order valence-electron chi connectivity index (χ2n) is 9.43. The molecule has 0 saturated heterocycles. The van der Waals surface area contributed by atoms with Crippen LogP contribution in [0.15, 0.2) is 65.1 Å². The predicted molar refractivity (Wildman–Crippen MR) is 128 cm³/mol. The van der Waals surface area contributed by atoms with Gasteiger partial charge in [-0.2, -0.15) is 5.26 Å². The normalized spacial score (nSPS) is 19.8. The number of ether oxygens (including phenoxy) is 2. The van der Waals surface area contributed by atoms with Crippen molar-refractivity contribution in [3.05, 3.63) is 76.3 Å². The van der Waals surface area contributed by atoms with Crippen molar-refractivity contribution >= 4 is 11.5 Å². The molecule has 2 N–H and O–H groups in total. The van der Waals surface area contributed by atoms with E-state index < -0.39 is 5.92 Å². The third-order valence-electron chi connectivity index (χ3n) is 6.38. The minimum absolute atomic E-state index is 0.0407. The minimum atomic E-state index is -0.561. The number of benzene rings is 2. The minimum Gasteiger partial charge on any atom is -0.493 e. The Kier molecular flexibility index (Phi) is 5.67. The van der Waals surface area contributed by atoms with Crippen molar-refractivity contribution in [2.24, 2.45) is 11.1 Å². The van der Waals surface area contributed by atoms with Gasteiger partial charge >= 0.3 is 0 Å². The van der Waals surface area contributed by atoms with E-state index in [9.17, 15) is 10.1 Å². The van der Waals surface area contributed by atoms with Gasteiger partial charge in [0.25, 0.3) is 0 Å². The Morgan fingerprint density at radius 3 is 2.45 bits per heavy atom. The third-order valence-corrected chi connectivity index (χ3v) is 6.38. The van der Waals surface area contributed by atoms with Crippen molar-refractivity contribution in [3.8, 4) is 17.6 Å². The standard InChI is InChI=1S/C27H29N3O3/c1-16-7-6-8-18(11-16)30-20-13-27(2,3)14-21(31)25(20)24(19(15-28)26(30)29)17-9-10-22(32-4)23(12-17)33-5/h6-12,24H,13-14,29H2,1-5H3/t24-/m0/s1. The molecule has 2 aliphatic rings. The molecule has 2 aromatic rings. The predicted octanol–water partition coefficient (Wildman–Crippen LogP) is 4.95. The smallest absolute Gasteiger partial charge is 0.162 e. The van der Waals surface area contributed by atoms with E-state index in [2.05, 4.69) is 19.9 Å². The molecule has 0 fully saturated rings. The molecule has 1 aliphatic heterocycles. The lowest BCUT2D eigenvalue weighted by atomic mass is 9.68. The Labute approximate surface area is 194 Å². The molecule has 0 radical (unpaired) electrons. The van der Waals surface area contributed by atoms with Gasteiger partial charge in [0.05, 0.1) is 31.8 Å². The fourth-order valence-corrected chi connectivity index (χ4v) is 4.94. The summed E-state index contributed by atoms with van der Waals surface area (Å²) in [5.41, 5.74) is 11.0. The van der Waals surface area contributed by atoms with E-state index in [1.54, 1.807) is 20.3 Å². The van der Waals surface area contributed by atoms with Crippen LogP contribution in [0, 0.1) is 23.7 Å². The maximum absolute atomic E-state index is 13.6. The molecule has 0 saturated carbocycles. The number of ketones is 1. The number of nitrogens with zero attached hydrogens (tertiary/aromatic N) is 2. The molecule has 0 amide bonds. The number of allylic oxidation sites excluding steroid dienone is 3. The average molecular weight is 444 g/mol. The summed E-state index contributed by atoms with van der Waals surface area (Å²) in [5.74, 6) is 0.956. The number of Topliss-reactive ketones (excluding diaryl/α,β-unsaturated/α-hetero) is 1. The lowest BCUT2D eigenvalue weighted by molar-refractivity contribution is -0.118. The summed E-state index contributed by atoms with van der Waals surface area (Å²) < 4.78 is 10.9. The van der Waals surface area contributed by atoms with Crippen LogP contribution in [0.4, 0.5) is 5.69 Å². The Hall–Kier alpha value is -3.72. The number of anilines is 1. The first kappa shape index (κ1) is 22.5. The van der Waals surface area contributed by atoms with Crippen LogP contribution in [0.5, 0.6) is 11.5 Å². The van der Waals surface area contributed by atoms with Crippen LogP contribution >= 0.6 is 0 Å². The van der Waals surface area contributed by atoms with Gasteiger partial charge in [0.1, 0.15) is 5.82 Å². The largest absolute Gasteiger partial charge is 0.493 e. The fraction of sp³-hybridized carbons (Fsp3) is 0.333. The highest BCUT2D eigenvalue weighted by atomic mass is 16.5. The molecule has 1 aliphatic carbocycles. The number of nitriles is 1. The molecule has 33 heavy (non-hydrogen) atoms. The first-order valence-electron chi connectivity index (χ1n) is 11.0. The maximum atomic E-state index is 13.6. The van der Waals surface area contributed by atoms with Gasteiger partial charge in [-0.25, -0.2) is 0 Å². The van der Waals surface area contributed by atoms with Crippen molar-refractivity contribution < 1.29 is 14.3 Å². The Bertz CT molecular complexity index is 1230. The lowest BCUT2D eigenvalue weighted by Gasteiger charge is -2.43. The zero-order valence-electron chi connectivity index (χ0n) is 19.7. The van der Waals surface area contributed by atoms with E-state index in [0.717, 1.165) is 22.5 Å². The Morgan fingerprint density at radius 1 is 1.09 bits per heavy atom. The molecule has 0 aromatic heterocycles. The summed E-state index contributed by atoms with van der Waals surface area (Å²) in [5, 5.41) is 10.2. The molecular formula is C27H29N3O3. The van der Waals surface area contributed by atoms with Crippen LogP contribution in [-0.2, 0) is 4.79 Å². The van der Waals surface area contributed by atoms with Gasteiger partial charge < -0.3 is 15.2 Å². The van der Waals surface area contributed by atoms with Gasteiger partial charge in [-0.3, -0.25) is 9.69 Å². The topological polar surface area (TPSA) is 88.6 Å². The van der Waals surface area contributed by atoms with Gasteiger partial charge in [0, 0.05) is 23.4 Å². The van der Waals surface area contributed by atoms with Gasteiger partial charge in [-0.05, 0) is 54.2 Å². The van der Waals surface area contributed by atoms with Crippen LogP contribution in [0.25, 0.3) is 0 Å². The highest BCUT2D eigenvalue weighted by Gasteiger charge is 2.44. The van der Waals surface area contributed by atoms with Crippen LogP contribution < -0.4 is 20.1 Å². The molecular weight excluding hydrogens is 414 g/mol. The van der Waals surface area contributed by atoms with Crippen molar-refractivity contribution in [2.75, 3.05) is 19.1 Å². The fourth-order valence-electron chi connectivity index (χ4n) is 4.94. The van der Waals surface area contributed by atoms with Crippen LogP contribution in [0.2, 0.25) is 0 Å². The number of methoxy groups -OCH3 is 2. The molecule has 4 rings (SSSR count). The monoisotopic (exact) mass is 443 g/mol. The summed E-state index contributed by atoms with van der Waals surface area (Å²) in [6.45, 7) is 6.19. The summed E-state index contributed by atoms with van der Waals surface area (Å²) in [6.07, 6.45) is 1.08. The van der Waals surface area contributed by atoms with Crippen molar-refractivity contribution in [1.82, 2.24) is 0 Å². The zero-order valence-corrected chi connectivity index (χ0v) is 19.7. The number of nitrogens with two attached hydrogens (primary N) is 1. The molecule has 1 atom stereocenters. The van der Waals surface area contributed by atoms with Gasteiger partial charge in [0.15, 0.2) is 17.3 Å². The first-order valence-corrected chi connectivity index (χ1v) is 11.0. The molecule has 0 unspecified atom stereocenters. The van der Waals surface area contributed by atoms with Crippen LogP contribution in [0.1, 0.15) is 43.7 Å². The molecule has 0 spiro atoms. The average Bonchev–Trinajstić information content (AvgIpc) is 2.77. The SMILES string of the molecule is COc1ccc([C@H]2C(C#N)=C(N)N(c3cccc(C)c3)C3=C2C(=O)CC(C)(C)C3)cc1OC. The summed E-state index contributed by atoms with van der Waals surface area (Å²) in [7, 11) is 3.14. The summed E-state index contributed by atoms with van der Waals surface area (Å²) >= 11 is 0. The van der Waals surface area contributed by atoms with E-state index in [0.29, 0.717) is 41.3 Å². The van der Waals surface area contributed by atoms with Crippen LogP contribution in [0.3, 0.4) is 0 Å². The van der Waals surface area contributed by atoms with E-state index in [-0.39, 0.29) is 11.2 Å². The Balaban J connectivity index is 2.00. The van der Waals surface area contributed by atoms with E-state index >= 15 is 0 Å². The number of carbonyl (C=O) groups is 1. The second-order valence-corrected chi connectivity index (χ2v) is 9.43. The molecule has 0 bridgehead atoms. The number of aryl methyl sites for hydroxylation is 1. The van der Waals surface area contributed by atoms with Crippen LogP contribution in [-0.4, -0.2) is 20.0 Å². The number of carbonyl (C=O) groups excluding carboxylic acids is 1. The van der Waals surface area contributed by atoms with Crippen molar-refractivity contribution in [2.45, 2.75) is 39.5 Å². The number of rotatable bonds is 4. The number of hydrogen-bond donors (Lipinski definition) is 1. The van der Waals surface area contributed by atoms with E-state index in [4.69, 9.17) is 15.2 Å². The van der Waals surface area contributed by atoms with Crippen molar-refractivity contribution in [1.29, 1.82) is 5.26 Å². The molecule has 6 nitrogen and oxygen atoms in total. The highest BCUT2D eigenvalue weighted by molar-refractivity contribution is 6.01. The first-order chi connectivity index (χ1) is 15.7. The maximum Gasteiger partial charge on any atom is 0.162 e. The van der Waals surface area contributed by atoms with Gasteiger partial charge in [-0.1, -0.05) is 32.0 Å². The quantitative estimate of drug-likeness (QED) is 0.719. The van der Waals surface area contributed by atoms with Gasteiger partial charge in [-0.15, -0.1) is 0 Å². The Morgan fingerprint density at radius 2 is 1.82 bits per heavy atom. The highest BCUT2D eigenvalue weighted by Crippen LogP contribution is 2.50. The molecule has 170 valence electrons. The number of hydrogen-bond acceptors (Lipinski definition) is 6. The van der Waals surface area contributed by atoms with E-state index in [1.165, 1.54) is 0 Å². The summed E-state index contributed by atoms with van der Waals surface area (Å²) in [6, 6.07) is 15.8. The van der Waals surface area contributed by atoms with Gasteiger partial charge in [0.2, 0.25) is 0 Å². The van der Waals surface area contributed by atoms with E-state index in [1.807, 2.05) is 48.2 Å². The molecule has 2 aromatic carbocycles. The molecule has 6 heteroatoms. The third kappa shape index (κ3) is 3.84. The zero-order chi connectivity index (χ0) is 23.9. The van der Waals surface area contributed by atoms with Crippen molar-refractivity contribution in [3.63, 3.8) is 0 Å². The molecule has 1 heterocycles. The second kappa shape index (κ2) is 8.32. The lowest BCUT2D eigenvalue weighted by Crippen LogP contribution is -2.42. The summed E-state index contributed by atoms with van der Waals surface area (Å²) in [4.78, 5) is 15.5.